The third kappa shape index (κ3) is 3.93. The number of carbonyl (C=O) groups is 2. The molecule has 1 aromatic carbocycles. The molecule has 2 fully saturated rings. The van der Waals surface area contributed by atoms with Gasteiger partial charge >= 0.3 is 0 Å². The number of halogens is 1. The van der Waals surface area contributed by atoms with Crippen LogP contribution in [0.15, 0.2) is 30.3 Å². The Kier molecular flexibility index (Phi) is 5.41. The highest BCUT2D eigenvalue weighted by atomic mass is 19.1. The summed E-state index contributed by atoms with van der Waals surface area (Å²) >= 11 is 0. The first-order valence-electron chi connectivity index (χ1n) is 10.0. The summed E-state index contributed by atoms with van der Waals surface area (Å²) in [7, 11) is 0. The minimum Gasteiger partial charge on any atom is -0.339 e. The van der Waals surface area contributed by atoms with E-state index in [2.05, 4.69) is 10.2 Å². The van der Waals surface area contributed by atoms with Crippen LogP contribution in [0.1, 0.15) is 42.6 Å². The van der Waals surface area contributed by atoms with Crippen molar-refractivity contribution < 1.29 is 14.0 Å². The van der Waals surface area contributed by atoms with Gasteiger partial charge in [0.1, 0.15) is 11.5 Å². The van der Waals surface area contributed by atoms with Gasteiger partial charge in [0.05, 0.1) is 5.69 Å². The molecule has 7 heteroatoms. The van der Waals surface area contributed by atoms with Crippen LogP contribution in [0.2, 0.25) is 0 Å². The van der Waals surface area contributed by atoms with Crippen molar-refractivity contribution in [2.24, 2.45) is 5.92 Å². The molecule has 0 bridgehead atoms. The summed E-state index contributed by atoms with van der Waals surface area (Å²) in [5.41, 5.74) is 1.76. The first-order chi connectivity index (χ1) is 13.6. The highest BCUT2D eigenvalue weighted by Gasteiger charge is 2.30. The molecular weight excluding hydrogens is 359 g/mol. The third-order valence-electron chi connectivity index (χ3n) is 5.78. The van der Waals surface area contributed by atoms with E-state index in [-0.39, 0.29) is 23.5 Å². The van der Waals surface area contributed by atoms with Crippen molar-refractivity contribution in [1.29, 1.82) is 0 Å². The van der Waals surface area contributed by atoms with Gasteiger partial charge in [-0.15, -0.1) is 0 Å². The van der Waals surface area contributed by atoms with E-state index in [4.69, 9.17) is 0 Å². The van der Waals surface area contributed by atoms with Crippen molar-refractivity contribution in [2.75, 3.05) is 26.2 Å². The number of aromatic nitrogens is 2. The van der Waals surface area contributed by atoms with Crippen molar-refractivity contribution in [3.8, 4) is 11.3 Å². The zero-order chi connectivity index (χ0) is 19.5. The number of rotatable bonds is 3. The van der Waals surface area contributed by atoms with Gasteiger partial charge in [0, 0.05) is 37.7 Å². The van der Waals surface area contributed by atoms with Crippen molar-refractivity contribution in [2.45, 2.75) is 32.1 Å². The van der Waals surface area contributed by atoms with E-state index >= 15 is 0 Å². The Hall–Kier alpha value is -2.70. The number of benzene rings is 1. The number of hydrogen-bond donors (Lipinski definition) is 1. The monoisotopic (exact) mass is 384 g/mol. The molecule has 2 aliphatic rings. The van der Waals surface area contributed by atoms with E-state index in [0.29, 0.717) is 37.6 Å². The first-order valence-corrected chi connectivity index (χ1v) is 10.0. The highest BCUT2D eigenvalue weighted by molar-refractivity contribution is 5.93. The summed E-state index contributed by atoms with van der Waals surface area (Å²) < 4.78 is 13.1. The van der Waals surface area contributed by atoms with Gasteiger partial charge in [-0.3, -0.25) is 14.7 Å². The van der Waals surface area contributed by atoms with E-state index in [1.54, 1.807) is 23.1 Å². The molecule has 2 heterocycles. The molecule has 1 saturated carbocycles. The number of amides is 2. The molecule has 4 rings (SSSR count). The number of nitrogens with zero attached hydrogens (tertiary/aromatic N) is 3. The molecule has 1 aliphatic heterocycles. The molecule has 2 aromatic rings. The second-order valence-electron chi connectivity index (χ2n) is 7.63. The van der Waals surface area contributed by atoms with Crippen LogP contribution < -0.4 is 0 Å². The molecule has 1 aromatic heterocycles. The lowest BCUT2D eigenvalue weighted by atomic mass is 9.88. The van der Waals surface area contributed by atoms with Crippen LogP contribution in [-0.2, 0) is 4.79 Å². The van der Waals surface area contributed by atoms with E-state index in [1.165, 1.54) is 18.6 Å². The van der Waals surface area contributed by atoms with Crippen LogP contribution in [0.5, 0.6) is 0 Å². The molecule has 6 nitrogen and oxygen atoms in total. The Bertz CT molecular complexity index is 834. The summed E-state index contributed by atoms with van der Waals surface area (Å²) in [4.78, 5) is 29.1. The average Bonchev–Trinajstić information content (AvgIpc) is 3.24. The van der Waals surface area contributed by atoms with Gasteiger partial charge < -0.3 is 9.80 Å². The van der Waals surface area contributed by atoms with E-state index in [0.717, 1.165) is 31.2 Å². The zero-order valence-electron chi connectivity index (χ0n) is 15.9. The largest absolute Gasteiger partial charge is 0.339 e. The smallest absolute Gasteiger partial charge is 0.272 e. The van der Waals surface area contributed by atoms with Crippen LogP contribution >= 0.6 is 0 Å². The second-order valence-corrected chi connectivity index (χ2v) is 7.63. The fraction of sp³-hybridized carbons (Fsp3) is 0.476. The quantitative estimate of drug-likeness (QED) is 0.884. The molecule has 1 saturated heterocycles. The third-order valence-corrected chi connectivity index (χ3v) is 5.78. The standard InChI is InChI=1S/C21H25FN4O2/c22-17-8-6-15(7-9-17)18-14-19(24-23-18)21(28)26-12-10-25(11-13-26)20(27)16-4-2-1-3-5-16/h6-9,14,16H,1-5,10-13H2,(H,23,24). The predicted molar refractivity (Wildman–Crippen MR) is 103 cm³/mol. The molecule has 0 atom stereocenters. The lowest BCUT2D eigenvalue weighted by Gasteiger charge is -2.37. The number of H-pyrrole nitrogens is 1. The van der Waals surface area contributed by atoms with E-state index in [9.17, 15) is 14.0 Å². The van der Waals surface area contributed by atoms with Crippen molar-refractivity contribution in [3.05, 3.63) is 41.8 Å². The Morgan fingerprint density at radius 3 is 2.29 bits per heavy atom. The number of hydrogen-bond acceptors (Lipinski definition) is 3. The van der Waals surface area contributed by atoms with Crippen LogP contribution in [0.25, 0.3) is 11.3 Å². The first kappa shape index (κ1) is 18.7. The normalized spacial score (nSPS) is 18.3. The lowest BCUT2D eigenvalue weighted by Crippen LogP contribution is -2.52. The maximum atomic E-state index is 13.1. The van der Waals surface area contributed by atoms with Gasteiger partial charge in [0.25, 0.3) is 5.91 Å². The average molecular weight is 384 g/mol. The number of piperazine rings is 1. The van der Waals surface area contributed by atoms with Crippen molar-refractivity contribution in [3.63, 3.8) is 0 Å². The molecule has 148 valence electrons. The summed E-state index contributed by atoms with van der Waals surface area (Å²) in [6.45, 7) is 2.23. The Morgan fingerprint density at radius 2 is 1.61 bits per heavy atom. The molecule has 0 radical (unpaired) electrons. The maximum Gasteiger partial charge on any atom is 0.272 e. The Labute approximate surface area is 163 Å². The van der Waals surface area contributed by atoms with Gasteiger partial charge in [-0.05, 0) is 43.2 Å². The van der Waals surface area contributed by atoms with Crippen LogP contribution in [0.4, 0.5) is 4.39 Å². The van der Waals surface area contributed by atoms with Crippen molar-refractivity contribution in [1.82, 2.24) is 20.0 Å². The molecule has 1 N–H and O–H groups in total. The summed E-state index contributed by atoms with van der Waals surface area (Å²) in [6.07, 6.45) is 5.52. The molecule has 2 amide bonds. The molecule has 1 aliphatic carbocycles. The van der Waals surface area contributed by atoms with E-state index in [1.807, 2.05) is 4.90 Å². The zero-order valence-corrected chi connectivity index (χ0v) is 15.9. The van der Waals surface area contributed by atoms with E-state index < -0.39 is 0 Å². The fourth-order valence-electron chi connectivity index (χ4n) is 4.11. The summed E-state index contributed by atoms with van der Waals surface area (Å²) in [6, 6.07) is 7.70. The van der Waals surface area contributed by atoms with Crippen LogP contribution in [-0.4, -0.2) is 58.0 Å². The summed E-state index contributed by atoms with van der Waals surface area (Å²) in [5.74, 6) is -0.00401. The Balaban J connectivity index is 1.35. The molecule has 0 unspecified atom stereocenters. The maximum absolute atomic E-state index is 13.1. The van der Waals surface area contributed by atoms with Gasteiger partial charge in [-0.25, -0.2) is 4.39 Å². The number of aromatic amines is 1. The topological polar surface area (TPSA) is 69.3 Å². The lowest BCUT2D eigenvalue weighted by molar-refractivity contribution is -0.138. The van der Waals surface area contributed by atoms with Crippen LogP contribution in [0.3, 0.4) is 0 Å². The highest BCUT2D eigenvalue weighted by Crippen LogP contribution is 2.26. The Morgan fingerprint density at radius 1 is 0.964 bits per heavy atom. The molecule has 0 spiro atoms. The van der Waals surface area contributed by atoms with Gasteiger partial charge in [0.15, 0.2) is 0 Å². The summed E-state index contributed by atoms with van der Waals surface area (Å²) in [5, 5.41) is 6.96. The number of nitrogens with one attached hydrogen (secondary N) is 1. The second kappa shape index (κ2) is 8.12. The minimum absolute atomic E-state index is 0.120. The van der Waals surface area contributed by atoms with Crippen LogP contribution in [0, 0.1) is 11.7 Å². The SMILES string of the molecule is O=C(c1cc(-c2ccc(F)cc2)n[nH]1)N1CCN(C(=O)C2CCCCC2)CC1. The van der Waals surface area contributed by atoms with Gasteiger partial charge in [0.2, 0.25) is 5.91 Å². The number of carbonyl (C=O) groups excluding carboxylic acids is 2. The molecule has 28 heavy (non-hydrogen) atoms. The fourth-order valence-corrected chi connectivity index (χ4v) is 4.11. The minimum atomic E-state index is -0.309. The van der Waals surface area contributed by atoms with Gasteiger partial charge in [-0.2, -0.15) is 5.10 Å². The van der Waals surface area contributed by atoms with Crippen molar-refractivity contribution >= 4 is 11.8 Å². The predicted octanol–water partition coefficient (Wildman–Crippen LogP) is 3.08. The molecular formula is C21H25FN4O2. The van der Waals surface area contributed by atoms with Gasteiger partial charge in [-0.1, -0.05) is 19.3 Å².